The summed E-state index contributed by atoms with van der Waals surface area (Å²) in [5, 5.41) is 0. The maximum Gasteiger partial charge on any atom is 0.161 e. The maximum atomic E-state index is 11.7. The molecule has 0 amide bonds. The number of rotatable bonds is 3. The van der Waals surface area contributed by atoms with Gasteiger partial charge in [0, 0.05) is 24.3 Å². The predicted octanol–water partition coefficient (Wildman–Crippen LogP) is 4.29. The summed E-state index contributed by atoms with van der Waals surface area (Å²) in [6.45, 7) is 6.36. The first-order valence-electron chi connectivity index (χ1n) is 7.23. The van der Waals surface area contributed by atoms with Gasteiger partial charge in [0.2, 0.25) is 0 Å². The summed E-state index contributed by atoms with van der Waals surface area (Å²) >= 11 is 0. The lowest BCUT2D eigenvalue weighted by Gasteiger charge is -2.40. The first kappa shape index (κ1) is 14.1. The third kappa shape index (κ3) is 3.17. The number of para-hydroxylation sites is 1. The van der Waals surface area contributed by atoms with Crippen molar-refractivity contribution in [3.8, 4) is 0 Å². The van der Waals surface area contributed by atoms with Crippen LogP contribution in [-0.4, -0.2) is 18.9 Å². The zero-order chi connectivity index (χ0) is 14.0. The first-order valence-corrected chi connectivity index (χ1v) is 7.23. The predicted molar refractivity (Wildman–Crippen MR) is 80.9 cm³/mol. The molecule has 2 rings (SSSR count). The molecule has 0 radical (unpaired) electrons. The van der Waals surface area contributed by atoms with Crippen LogP contribution in [0.2, 0.25) is 0 Å². The van der Waals surface area contributed by atoms with E-state index in [1.54, 1.807) is 6.92 Å². The number of benzene rings is 1. The van der Waals surface area contributed by atoms with Gasteiger partial charge >= 0.3 is 0 Å². The number of ketones is 1. The van der Waals surface area contributed by atoms with Crippen LogP contribution in [0.1, 0.15) is 56.8 Å². The van der Waals surface area contributed by atoms with Gasteiger partial charge in [0.1, 0.15) is 0 Å². The second kappa shape index (κ2) is 5.36. The van der Waals surface area contributed by atoms with E-state index in [4.69, 9.17) is 0 Å². The van der Waals surface area contributed by atoms with Gasteiger partial charge in [0.15, 0.2) is 5.78 Å². The highest BCUT2D eigenvalue weighted by Gasteiger charge is 2.29. The van der Waals surface area contributed by atoms with Crippen molar-refractivity contribution < 1.29 is 4.79 Å². The van der Waals surface area contributed by atoms with Gasteiger partial charge in [-0.15, -0.1) is 0 Å². The minimum atomic E-state index is 0.151. The Morgan fingerprint density at radius 3 is 2.37 bits per heavy atom. The Kier molecular flexibility index (Phi) is 3.98. The molecule has 0 atom stereocenters. The molecule has 0 bridgehead atoms. The summed E-state index contributed by atoms with van der Waals surface area (Å²) in [6, 6.07) is 8.52. The van der Waals surface area contributed by atoms with E-state index < -0.39 is 0 Å². The fraction of sp³-hybridized carbons (Fsp3) is 0.588. The van der Waals surface area contributed by atoms with Gasteiger partial charge in [-0.1, -0.05) is 26.0 Å². The second-order valence-electron chi connectivity index (χ2n) is 6.58. The third-order valence-electron chi connectivity index (χ3n) is 4.52. The lowest BCUT2D eigenvalue weighted by atomic mass is 9.75. The monoisotopic (exact) mass is 259 g/mol. The topological polar surface area (TPSA) is 20.3 Å². The van der Waals surface area contributed by atoms with E-state index in [9.17, 15) is 4.79 Å². The average molecular weight is 259 g/mol. The van der Waals surface area contributed by atoms with E-state index in [0.717, 1.165) is 11.3 Å². The summed E-state index contributed by atoms with van der Waals surface area (Å²) in [5.74, 6) is 0.151. The number of nitrogens with zero attached hydrogens (tertiary/aromatic N) is 1. The molecule has 0 N–H and O–H groups in total. The largest absolute Gasteiger partial charge is 0.371 e. The summed E-state index contributed by atoms with van der Waals surface area (Å²) in [4.78, 5) is 14.0. The number of hydrogen-bond donors (Lipinski definition) is 0. The number of hydrogen-bond acceptors (Lipinski definition) is 2. The van der Waals surface area contributed by atoms with Crippen molar-refractivity contribution in [3.05, 3.63) is 29.8 Å². The molecule has 1 aromatic rings. The molecule has 0 saturated heterocycles. The van der Waals surface area contributed by atoms with Crippen LogP contribution in [0.5, 0.6) is 0 Å². The van der Waals surface area contributed by atoms with Crippen molar-refractivity contribution in [3.63, 3.8) is 0 Å². The molecule has 0 aliphatic heterocycles. The van der Waals surface area contributed by atoms with Gasteiger partial charge in [0.05, 0.1) is 0 Å². The smallest absolute Gasteiger partial charge is 0.161 e. The highest BCUT2D eigenvalue weighted by Crippen LogP contribution is 2.38. The summed E-state index contributed by atoms with van der Waals surface area (Å²) in [7, 11) is 2.13. The van der Waals surface area contributed by atoms with Crippen LogP contribution < -0.4 is 4.90 Å². The van der Waals surface area contributed by atoms with Crippen molar-refractivity contribution in [2.45, 2.75) is 52.5 Å². The Balaban J connectivity index is 2.17. The van der Waals surface area contributed by atoms with Crippen LogP contribution in [-0.2, 0) is 0 Å². The van der Waals surface area contributed by atoms with Crippen molar-refractivity contribution in [1.29, 1.82) is 0 Å². The summed E-state index contributed by atoms with van der Waals surface area (Å²) in [6.07, 6.45) is 4.97. The van der Waals surface area contributed by atoms with Crippen molar-refractivity contribution >= 4 is 11.5 Å². The van der Waals surface area contributed by atoms with Gasteiger partial charge in [-0.25, -0.2) is 0 Å². The van der Waals surface area contributed by atoms with E-state index in [1.165, 1.54) is 25.7 Å². The normalized spacial score (nSPS) is 19.2. The molecule has 1 aliphatic carbocycles. The number of carbonyl (C=O) groups excluding carboxylic acids is 1. The number of carbonyl (C=O) groups is 1. The van der Waals surface area contributed by atoms with Gasteiger partial charge in [-0.3, -0.25) is 4.79 Å². The van der Waals surface area contributed by atoms with E-state index >= 15 is 0 Å². The van der Waals surface area contributed by atoms with Gasteiger partial charge < -0.3 is 4.90 Å². The Labute approximate surface area is 116 Å². The molecular weight excluding hydrogens is 234 g/mol. The molecule has 104 valence electrons. The molecule has 1 aliphatic rings. The van der Waals surface area contributed by atoms with Gasteiger partial charge in [-0.05, 0) is 50.2 Å². The number of anilines is 1. The van der Waals surface area contributed by atoms with E-state index in [0.29, 0.717) is 11.5 Å². The quantitative estimate of drug-likeness (QED) is 0.755. The fourth-order valence-electron chi connectivity index (χ4n) is 3.05. The highest BCUT2D eigenvalue weighted by molar-refractivity contribution is 5.99. The molecule has 1 saturated carbocycles. The summed E-state index contributed by atoms with van der Waals surface area (Å²) in [5.41, 5.74) is 2.41. The molecule has 1 fully saturated rings. The molecule has 2 nitrogen and oxygen atoms in total. The number of Topliss-reactive ketones (excluding diaryl/α,β-unsaturated/α-hetero) is 1. The van der Waals surface area contributed by atoms with Crippen molar-refractivity contribution in [2.75, 3.05) is 11.9 Å². The minimum absolute atomic E-state index is 0.151. The zero-order valence-electron chi connectivity index (χ0n) is 12.6. The lowest BCUT2D eigenvalue weighted by molar-refractivity contribution is 0.101. The van der Waals surface area contributed by atoms with Gasteiger partial charge in [-0.2, -0.15) is 0 Å². The molecule has 0 unspecified atom stereocenters. The van der Waals surface area contributed by atoms with Crippen LogP contribution in [0.3, 0.4) is 0 Å². The van der Waals surface area contributed by atoms with Gasteiger partial charge in [0.25, 0.3) is 0 Å². The molecule has 2 heteroatoms. The van der Waals surface area contributed by atoms with E-state index in [2.05, 4.69) is 31.9 Å². The maximum absolute atomic E-state index is 11.7. The van der Waals surface area contributed by atoms with E-state index in [-0.39, 0.29) is 5.78 Å². The van der Waals surface area contributed by atoms with Crippen LogP contribution in [0.25, 0.3) is 0 Å². The Hall–Kier alpha value is -1.31. The molecule has 0 spiro atoms. The van der Waals surface area contributed by atoms with Crippen LogP contribution in [0.15, 0.2) is 24.3 Å². The third-order valence-corrected chi connectivity index (χ3v) is 4.52. The standard InChI is InChI=1S/C17H25NO/c1-13(19)15-7-5-6-8-16(15)18(4)14-9-11-17(2,3)12-10-14/h5-8,14H,9-12H2,1-4H3. The van der Waals surface area contributed by atoms with E-state index in [1.807, 2.05) is 18.2 Å². The molecular formula is C17H25NO. The fourth-order valence-corrected chi connectivity index (χ4v) is 3.05. The van der Waals surface area contributed by atoms with Crippen LogP contribution in [0.4, 0.5) is 5.69 Å². The first-order chi connectivity index (χ1) is 8.91. The molecule has 0 aromatic heterocycles. The molecule has 0 heterocycles. The SMILES string of the molecule is CC(=O)c1ccccc1N(C)C1CCC(C)(C)CC1. The Bertz CT molecular complexity index is 454. The van der Waals surface area contributed by atoms with Crippen molar-refractivity contribution in [1.82, 2.24) is 0 Å². The highest BCUT2D eigenvalue weighted by atomic mass is 16.1. The second-order valence-corrected chi connectivity index (χ2v) is 6.58. The lowest BCUT2D eigenvalue weighted by Crippen LogP contribution is -2.37. The Morgan fingerprint density at radius 2 is 1.79 bits per heavy atom. The molecule has 19 heavy (non-hydrogen) atoms. The average Bonchev–Trinajstić information content (AvgIpc) is 2.38. The summed E-state index contributed by atoms with van der Waals surface area (Å²) < 4.78 is 0. The van der Waals surface area contributed by atoms with Crippen LogP contribution >= 0.6 is 0 Å². The minimum Gasteiger partial charge on any atom is -0.371 e. The molecule has 1 aromatic carbocycles. The van der Waals surface area contributed by atoms with Crippen molar-refractivity contribution in [2.24, 2.45) is 5.41 Å². The Morgan fingerprint density at radius 1 is 1.21 bits per heavy atom. The van der Waals surface area contributed by atoms with Crippen LogP contribution in [0, 0.1) is 5.41 Å². The zero-order valence-corrected chi connectivity index (χ0v) is 12.6.